The first-order valence-corrected chi connectivity index (χ1v) is 16.2. The summed E-state index contributed by atoms with van der Waals surface area (Å²) < 4.78 is 0. The fraction of sp³-hybridized carbons (Fsp3) is 0. The molecule has 0 atom stereocenters. The molecule has 8 aromatic rings. The highest BCUT2D eigenvalue weighted by Crippen LogP contribution is 2.38. The SMILES string of the molecule is c1ccc(-c2cccc(-c3cc(-c4ccc(-c5cccc(-c6ccccn6)n5)cc4)cc(-c4ccccc4-c4ccccc4)c3)c2)cc1. The molecular formula is C46H32N2. The van der Waals surface area contributed by atoms with E-state index in [1.54, 1.807) is 6.20 Å². The van der Waals surface area contributed by atoms with Crippen molar-refractivity contribution < 1.29 is 0 Å². The Hall–Kier alpha value is -6.38. The molecule has 0 aliphatic rings. The maximum atomic E-state index is 4.93. The van der Waals surface area contributed by atoms with Crippen molar-refractivity contribution in [3.05, 3.63) is 194 Å². The molecule has 0 saturated carbocycles. The van der Waals surface area contributed by atoms with Crippen molar-refractivity contribution in [1.82, 2.24) is 9.97 Å². The van der Waals surface area contributed by atoms with Gasteiger partial charge in [0.2, 0.25) is 0 Å². The van der Waals surface area contributed by atoms with Crippen LogP contribution in [0.5, 0.6) is 0 Å². The van der Waals surface area contributed by atoms with E-state index in [9.17, 15) is 0 Å². The zero-order valence-corrected chi connectivity index (χ0v) is 26.4. The normalized spacial score (nSPS) is 10.9. The zero-order valence-electron chi connectivity index (χ0n) is 26.4. The van der Waals surface area contributed by atoms with Crippen LogP contribution in [0, 0.1) is 0 Å². The van der Waals surface area contributed by atoms with E-state index in [2.05, 4.69) is 163 Å². The highest BCUT2D eigenvalue weighted by Gasteiger charge is 2.13. The summed E-state index contributed by atoms with van der Waals surface area (Å²) in [5, 5.41) is 0. The number of rotatable bonds is 7. The number of nitrogens with zero attached hydrogens (tertiary/aromatic N) is 2. The summed E-state index contributed by atoms with van der Waals surface area (Å²) in [4.78, 5) is 9.42. The van der Waals surface area contributed by atoms with Gasteiger partial charge in [-0.2, -0.15) is 0 Å². The molecule has 0 fully saturated rings. The van der Waals surface area contributed by atoms with E-state index in [1.165, 1.54) is 44.5 Å². The predicted molar refractivity (Wildman–Crippen MR) is 200 cm³/mol. The lowest BCUT2D eigenvalue weighted by Crippen LogP contribution is -1.91. The quantitative estimate of drug-likeness (QED) is 0.179. The molecule has 2 nitrogen and oxygen atoms in total. The average molecular weight is 613 g/mol. The minimum Gasteiger partial charge on any atom is -0.255 e. The smallest absolute Gasteiger partial charge is 0.0893 e. The molecule has 2 heteroatoms. The summed E-state index contributed by atoms with van der Waals surface area (Å²) in [6.07, 6.45) is 1.80. The van der Waals surface area contributed by atoms with E-state index in [4.69, 9.17) is 4.98 Å². The van der Waals surface area contributed by atoms with Crippen LogP contribution in [0.1, 0.15) is 0 Å². The van der Waals surface area contributed by atoms with Gasteiger partial charge < -0.3 is 0 Å². The lowest BCUT2D eigenvalue weighted by molar-refractivity contribution is 1.25. The zero-order chi connectivity index (χ0) is 32.1. The Morgan fingerprint density at radius 1 is 0.250 bits per heavy atom. The maximum absolute atomic E-state index is 4.93. The lowest BCUT2D eigenvalue weighted by Gasteiger charge is -2.15. The van der Waals surface area contributed by atoms with Crippen molar-refractivity contribution >= 4 is 0 Å². The second-order valence-electron chi connectivity index (χ2n) is 11.9. The molecule has 0 radical (unpaired) electrons. The number of pyridine rings is 2. The van der Waals surface area contributed by atoms with Crippen molar-refractivity contribution in [1.29, 1.82) is 0 Å². The Morgan fingerprint density at radius 3 is 1.42 bits per heavy atom. The standard InChI is InChI=1S/C46H32N2/c1-3-13-33(14-4-1)37-17-11-18-38(29-37)40-30-39(31-41(32-40)43-20-8-7-19-42(43)35-15-5-2-6-16-35)34-24-26-36(27-25-34)44-22-12-23-46(48-44)45-21-9-10-28-47-45/h1-32H. The monoisotopic (exact) mass is 612 g/mol. The van der Waals surface area contributed by atoms with Gasteiger partial charge in [0, 0.05) is 11.8 Å². The molecule has 0 aliphatic carbocycles. The van der Waals surface area contributed by atoms with E-state index in [0.717, 1.165) is 33.8 Å². The van der Waals surface area contributed by atoms with Crippen molar-refractivity contribution in [2.24, 2.45) is 0 Å². The minimum absolute atomic E-state index is 0.865. The first-order valence-electron chi connectivity index (χ1n) is 16.2. The van der Waals surface area contributed by atoms with E-state index in [0.29, 0.717) is 0 Å². The van der Waals surface area contributed by atoms with Gasteiger partial charge in [-0.05, 0) is 104 Å². The molecule has 2 heterocycles. The van der Waals surface area contributed by atoms with Gasteiger partial charge in [-0.25, -0.2) is 4.98 Å². The van der Waals surface area contributed by atoms with Crippen LogP contribution in [-0.2, 0) is 0 Å². The number of aromatic nitrogens is 2. The van der Waals surface area contributed by atoms with Crippen molar-refractivity contribution in [3.8, 4) is 78.3 Å². The highest BCUT2D eigenvalue weighted by molar-refractivity contribution is 5.89. The second-order valence-corrected chi connectivity index (χ2v) is 11.9. The summed E-state index contributed by atoms with van der Waals surface area (Å²) in [7, 11) is 0. The van der Waals surface area contributed by atoms with Gasteiger partial charge in [0.05, 0.1) is 17.1 Å². The highest BCUT2D eigenvalue weighted by atomic mass is 14.8. The number of hydrogen-bond donors (Lipinski definition) is 0. The third-order valence-electron chi connectivity index (χ3n) is 8.75. The van der Waals surface area contributed by atoms with Crippen LogP contribution in [0.25, 0.3) is 78.3 Å². The Labute approximate surface area is 281 Å². The molecule has 0 spiro atoms. The van der Waals surface area contributed by atoms with Crippen LogP contribution < -0.4 is 0 Å². The van der Waals surface area contributed by atoms with Crippen LogP contribution in [0.4, 0.5) is 0 Å². The first-order chi connectivity index (χ1) is 23.8. The van der Waals surface area contributed by atoms with Gasteiger partial charge in [-0.1, -0.05) is 140 Å². The molecule has 8 rings (SSSR count). The second kappa shape index (κ2) is 13.2. The predicted octanol–water partition coefficient (Wildman–Crippen LogP) is 12.1. The van der Waals surface area contributed by atoms with Crippen LogP contribution >= 0.6 is 0 Å². The Bertz CT molecular complexity index is 2310. The molecular weight excluding hydrogens is 581 g/mol. The summed E-state index contributed by atoms with van der Waals surface area (Å²) in [6, 6.07) is 66.5. The molecule has 0 amide bonds. The lowest BCUT2D eigenvalue weighted by atomic mass is 9.89. The summed E-state index contributed by atoms with van der Waals surface area (Å²) in [6.45, 7) is 0. The Morgan fingerprint density at radius 2 is 0.708 bits per heavy atom. The molecule has 48 heavy (non-hydrogen) atoms. The molecule has 0 N–H and O–H groups in total. The van der Waals surface area contributed by atoms with E-state index < -0.39 is 0 Å². The molecule has 0 saturated heterocycles. The van der Waals surface area contributed by atoms with Gasteiger partial charge in [0.15, 0.2) is 0 Å². The Kier molecular flexibility index (Phi) is 7.96. The fourth-order valence-electron chi connectivity index (χ4n) is 6.32. The topological polar surface area (TPSA) is 25.8 Å². The van der Waals surface area contributed by atoms with Crippen molar-refractivity contribution in [3.63, 3.8) is 0 Å². The molecule has 6 aromatic carbocycles. The molecule has 226 valence electrons. The van der Waals surface area contributed by atoms with Gasteiger partial charge in [-0.15, -0.1) is 0 Å². The van der Waals surface area contributed by atoms with Gasteiger partial charge in [0.25, 0.3) is 0 Å². The van der Waals surface area contributed by atoms with Crippen molar-refractivity contribution in [2.45, 2.75) is 0 Å². The van der Waals surface area contributed by atoms with Gasteiger partial charge in [0.1, 0.15) is 0 Å². The fourth-order valence-corrected chi connectivity index (χ4v) is 6.32. The van der Waals surface area contributed by atoms with Gasteiger partial charge >= 0.3 is 0 Å². The molecule has 0 bridgehead atoms. The summed E-state index contributed by atoms with van der Waals surface area (Å²) >= 11 is 0. The molecule has 0 unspecified atom stereocenters. The average Bonchev–Trinajstić information content (AvgIpc) is 3.19. The van der Waals surface area contributed by atoms with Gasteiger partial charge in [-0.3, -0.25) is 4.98 Å². The van der Waals surface area contributed by atoms with Crippen LogP contribution in [0.3, 0.4) is 0 Å². The van der Waals surface area contributed by atoms with E-state index in [1.807, 2.05) is 30.3 Å². The van der Waals surface area contributed by atoms with Crippen LogP contribution in [-0.4, -0.2) is 9.97 Å². The Balaban J connectivity index is 1.23. The number of benzene rings is 6. The summed E-state index contributed by atoms with van der Waals surface area (Å²) in [5.74, 6) is 0. The third-order valence-corrected chi connectivity index (χ3v) is 8.75. The van der Waals surface area contributed by atoms with E-state index >= 15 is 0 Å². The maximum Gasteiger partial charge on any atom is 0.0893 e. The van der Waals surface area contributed by atoms with Crippen LogP contribution in [0.2, 0.25) is 0 Å². The van der Waals surface area contributed by atoms with E-state index in [-0.39, 0.29) is 0 Å². The molecule has 0 aliphatic heterocycles. The minimum atomic E-state index is 0.865. The molecule has 2 aromatic heterocycles. The largest absolute Gasteiger partial charge is 0.255 e. The van der Waals surface area contributed by atoms with Crippen molar-refractivity contribution in [2.75, 3.05) is 0 Å². The summed E-state index contributed by atoms with van der Waals surface area (Å²) in [5.41, 5.74) is 15.6. The third kappa shape index (κ3) is 6.08. The van der Waals surface area contributed by atoms with Crippen LogP contribution in [0.15, 0.2) is 194 Å². The first kappa shape index (κ1) is 29.1. The number of hydrogen-bond acceptors (Lipinski definition) is 2.